The Kier molecular flexibility index (Phi) is 3.26. The van der Waals surface area contributed by atoms with Gasteiger partial charge in [0.25, 0.3) is 5.91 Å². The molecule has 1 aromatic heterocycles. The molecule has 0 unspecified atom stereocenters. The summed E-state index contributed by atoms with van der Waals surface area (Å²) in [6.45, 7) is 3.20. The van der Waals surface area contributed by atoms with Gasteiger partial charge in [0.1, 0.15) is 6.26 Å². The van der Waals surface area contributed by atoms with Crippen molar-refractivity contribution in [1.29, 1.82) is 0 Å². The summed E-state index contributed by atoms with van der Waals surface area (Å²) in [6, 6.07) is 2.54. The largest absolute Gasteiger partial charge is 0.430 e. The first-order valence-corrected chi connectivity index (χ1v) is 4.47. The molecule has 0 saturated heterocycles. The lowest BCUT2D eigenvalue weighted by atomic mass is 10.1. The second-order valence-corrected chi connectivity index (χ2v) is 3.84. The van der Waals surface area contributed by atoms with E-state index in [2.05, 4.69) is 9.73 Å². The third-order valence-electron chi connectivity index (χ3n) is 1.81. The van der Waals surface area contributed by atoms with Crippen LogP contribution in [0.4, 0.5) is 0 Å². The number of amides is 1. The highest BCUT2D eigenvalue weighted by Gasteiger charge is 2.20. The van der Waals surface area contributed by atoms with Gasteiger partial charge in [-0.1, -0.05) is 0 Å². The molecule has 0 atom stereocenters. The van der Waals surface area contributed by atoms with E-state index >= 15 is 0 Å². The van der Waals surface area contributed by atoms with Gasteiger partial charge in [-0.05, 0) is 19.9 Å². The quantitative estimate of drug-likeness (QED) is 0.745. The zero-order valence-corrected chi connectivity index (χ0v) is 8.61. The minimum Gasteiger partial charge on any atom is -0.430 e. The van der Waals surface area contributed by atoms with Crippen LogP contribution in [0.5, 0.6) is 0 Å². The molecular formula is C10H13NO4. The summed E-state index contributed by atoms with van der Waals surface area (Å²) in [5.74, 6) is -0.391. The molecule has 1 rings (SSSR count). The predicted octanol–water partition coefficient (Wildman–Crippen LogP) is 0.141. The summed E-state index contributed by atoms with van der Waals surface area (Å²) in [4.78, 5) is 22.2. The van der Waals surface area contributed by atoms with Gasteiger partial charge in [-0.2, -0.15) is 0 Å². The van der Waals surface area contributed by atoms with Gasteiger partial charge in [0.2, 0.25) is 0 Å². The molecule has 0 fully saturated rings. The number of nitrogens with one attached hydrogen (secondary N) is 1. The number of rotatable bonds is 3. The second kappa shape index (κ2) is 4.27. The summed E-state index contributed by atoms with van der Waals surface area (Å²) >= 11 is 0. The molecule has 82 valence electrons. The summed E-state index contributed by atoms with van der Waals surface area (Å²) in [5, 5.41) is 11.5. The van der Waals surface area contributed by atoms with Gasteiger partial charge in [-0.15, -0.1) is 0 Å². The number of carbonyl (C=O) groups is 1. The van der Waals surface area contributed by atoms with Crippen molar-refractivity contribution in [2.45, 2.75) is 19.4 Å². The van der Waals surface area contributed by atoms with Crippen molar-refractivity contribution in [3.8, 4) is 0 Å². The van der Waals surface area contributed by atoms with Gasteiger partial charge in [0, 0.05) is 6.07 Å². The second-order valence-electron chi connectivity index (χ2n) is 3.84. The van der Waals surface area contributed by atoms with Crippen LogP contribution in [0.3, 0.4) is 0 Å². The minimum absolute atomic E-state index is 0.171. The van der Waals surface area contributed by atoms with Crippen LogP contribution in [0.25, 0.3) is 0 Å². The zero-order valence-electron chi connectivity index (χ0n) is 8.61. The number of hydrogen-bond donors (Lipinski definition) is 2. The summed E-state index contributed by atoms with van der Waals surface area (Å²) in [7, 11) is 0. The van der Waals surface area contributed by atoms with Gasteiger partial charge < -0.3 is 14.8 Å². The molecule has 5 nitrogen and oxygen atoms in total. The van der Waals surface area contributed by atoms with Crippen LogP contribution in [0.2, 0.25) is 0 Å². The lowest BCUT2D eigenvalue weighted by Gasteiger charge is -2.23. The molecule has 1 amide bonds. The number of aliphatic hydroxyl groups excluding tert-OH is 1. The first-order valence-electron chi connectivity index (χ1n) is 4.47. The molecular weight excluding hydrogens is 198 g/mol. The molecule has 1 heterocycles. The van der Waals surface area contributed by atoms with E-state index in [-0.39, 0.29) is 12.2 Å². The van der Waals surface area contributed by atoms with Gasteiger partial charge in [0.15, 0.2) is 0 Å². The molecule has 1 aromatic rings. The first kappa shape index (κ1) is 11.5. The van der Waals surface area contributed by atoms with Crippen LogP contribution in [0.15, 0.2) is 27.6 Å². The third kappa shape index (κ3) is 3.21. The third-order valence-corrected chi connectivity index (χ3v) is 1.81. The van der Waals surface area contributed by atoms with Gasteiger partial charge in [-0.25, -0.2) is 4.79 Å². The highest BCUT2D eigenvalue weighted by atomic mass is 16.4. The average molecular weight is 211 g/mol. The summed E-state index contributed by atoms with van der Waals surface area (Å²) in [6.07, 6.45) is 1.09. The monoisotopic (exact) mass is 211 g/mol. The van der Waals surface area contributed by atoms with Crippen LogP contribution in [0, 0.1) is 0 Å². The van der Waals surface area contributed by atoms with Crippen molar-refractivity contribution in [3.63, 3.8) is 0 Å². The molecule has 5 heteroatoms. The van der Waals surface area contributed by atoms with Crippen LogP contribution < -0.4 is 10.9 Å². The molecule has 0 aliphatic rings. The van der Waals surface area contributed by atoms with Gasteiger partial charge >= 0.3 is 5.63 Å². The molecule has 0 radical (unpaired) electrons. The molecule has 2 N–H and O–H groups in total. The van der Waals surface area contributed by atoms with E-state index in [0.717, 1.165) is 6.26 Å². The van der Waals surface area contributed by atoms with Crippen molar-refractivity contribution in [1.82, 2.24) is 5.32 Å². The Labute approximate surface area is 86.7 Å². The number of carbonyl (C=O) groups excluding carboxylic acids is 1. The van der Waals surface area contributed by atoms with Crippen LogP contribution in [0.1, 0.15) is 24.2 Å². The highest BCUT2D eigenvalue weighted by Crippen LogP contribution is 2.03. The van der Waals surface area contributed by atoms with Crippen molar-refractivity contribution in [3.05, 3.63) is 34.4 Å². The van der Waals surface area contributed by atoms with Crippen LogP contribution >= 0.6 is 0 Å². The summed E-state index contributed by atoms with van der Waals surface area (Å²) in [5.41, 5.74) is -0.961. The standard InChI is InChI=1S/C10H13NO4/c1-10(2,6-12)11-9(14)7-3-4-8(13)15-5-7/h3-5,12H,6H2,1-2H3,(H,11,14). The Morgan fingerprint density at radius 1 is 1.53 bits per heavy atom. The van der Waals surface area contributed by atoms with E-state index in [0.29, 0.717) is 0 Å². The number of aliphatic hydroxyl groups is 1. The average Bonchev–Trinajstić information content (AvgIpc) is 2.18. The van der Waals surface area contributed by atoms with Crippen LogP contribution in [-0.4, -0.2) is 23.2 Å². The first-order chi connectivity index (χ1) is 6.94. The molecule has 0 aromatic carbocycles. The maximum Gasteiger partial charge on any atom is 0.335 e. The van der Waals surface area contributed by atoms with Crippen molar-refractivity contribution >= 4 is 5.91 Å². The Morgan fingerprint density at radius 2 is 2.20 bits per heavy atom. The predicted molar refractivity (Wildman–Crippen MR) is 53.6 cm³/mol. The fourth-order valence-corrected chi connectivity index (χ4v) is 0.906. The van der Waals surface area contributed by atoms with E-state index < -0.39 is 17.1 Å². The molecule has 0 aliphatic carbocycles. The zero-order chi connectivity index (χ0) is 11.5. The molecule has 0 saturated carbocycles. The van der Waals surface area contributed by atoms with Crippen molar-refractivity contribution < 1.29 is 14.3 Å². The summed E-state index contributed by atoms with van der Waals surface area (Å²) < 4.78 is 4.55. The fourth-order valence-electron chi connectivity index (χ4n) is 0.906. The minimum atomic E-state index is -0.701. The van der Waals surface area contributed by atoms with E-state index in [1.807, 2.05) is 0 Å². The number of hydrogen-bond acceptors (Lipinski definition) is 4. The van der Waals surface area contributed by atoms with E-state index in [1.165, 1.54) is 12.1 Å². The van der Waals surface area contributed by atoms with Crippen molar-refractivity contribution in [2.24, 2.45) is 0 Å². The molecule has 0 bridgehead atoms. The van der Waals surface area contributed by atoms with E-state index in [9.17, 15) is 9.59 Å². The topological polar surface area (TPSA) is 79.5 Å². The normalized spacial score (nSPS) is 11.1. The highest BCUT2D eigenvalue weighted by molar-refractivity contribution is 5.94. The lowest BCUT2D eigenvalue weighted by Crippen LogP contribution is -2.46. The van der Waals surface area contributed by atoms with E-state index in [4.69, 9.17) is 5.11 Å². The molecule has 0 spiro atoms. The van der Waals surface area contributed by atoms with Crippen LogP contribution in [-0.2, 0) is 0 Å². The smallest absolute Gasteiger partial charge is 0.335 e. The Bertz CT molecular complexity index is 388. The maximum absolute atomic E-state index is 11.5. The SMILES string of the molecule is CC(C)(CO)NC(=O)c1ccc(=O)oc1. The maximum atomic E-state index is 11.5. The fraction of sp³-hybridized carbons (Fsp3) is 0.400. The van der Waals surface area contributed by atoms with Gasteiger partial charge in [0.05, 0.1) is 17.7 Å². The molecule has 0 aliphatic heterocycles. The van der Waals surface area contributed by atoms with Crippen molar-refractivity contribution in [2.75, 3.05) is 6.61 Å². The van der Waals surface area contributed by atoms with Gasteiger partial charge in [-0.3, -0.25) is 4.79 Å². The Hall–Kier alpha value is -1.62. The molecule has 15 heavy (non-hydrogen) atoms. The lowest BCUT2D eigenvalue weighted by molar-refractivity contribution is 0.0867. The Morgan fingerprint density at radius 3 is 2.67 bits per heavy atom. The van der Waals surface area contributed by atoms with E-state index in [1.54, 1.807) is 13.8 Å². The Balaban J connectivity index is 2.78.